The Balaban J connectivity index is 1.49. The summed E-state index contributed by atoms with van der Waals surface area (Å²) in [5, 5.41) is 65.3. The summed E-state index contributed by atoms with van der Waals surface area (Å²) in [7, 11) is 1.62. The second-order valence-corrected chi connectivity index (χ2v) is 12.9. The highest BCUT2D eigenvalue weighted by Gasteiger charge is 2.78. The van der Waals surface area contributed by atoms with Crippen molar-refractivity contribution in [3.8, 4) is 23.0 Å². The maximum Gasteiger partial charge on any atom is 0.336 e. The average molecular weight is 700 g/mol. The average Bonchev–Trinajstić information content (AvgIpc) is 3.11. The first kappa shape index (κ1) is 35.2. The number of hydrogen-bond acceptors (Lipinski definition) is 12. The van der Waals surface area contributed by atoms with Crippen LogP contribution in [-0.4, -0.2) is 91.2 Å². The molecule has 4 aliphatic rings. The summed E-state index contributed by atoms with van der Waals surface area (Å²) in [6.07, 6.45) is 5.80. The molecule has 7 atom stereocenters. The van der Waals surface area contributed by atoms with E-state index in [0.29, 0.717) is 16.7 Å². The molecule has 2 fully saturated rings. The summed E-state index contributed by atoms with van der Waals surface area (Å²) in [6, 6.07) is 15.7. The van der Waals surface area contributed by atoms with E-state index in [0.717, 1.165) is 12.2 Å². The van der Waals surface area contributed by atoms with Crippen LogP contribution in [0.4, 0.5) is 0 Å². The highest BCUT2D eigenvalue weighted by atomic mass is 16.6. The van der Waals surface area contributed by atoms with E-state index in [1.54, 1.807) is 49.5 Å². The molecule has 1 spiro atoms. The molecule has 13 heteroatoms. The predicted octanol–water partition coefficient (Wildman–Crippen LogP) is 3.05. The number of fused-ring (bicyclic) bond motifs is 1. The van der Waals surface area contributed by atoms with Crippen molar-refractivity contribution >= 4 is 30.1 Å². The zero-order valence-corrected chi connectivity index (χ0v) is 27.4. The molecule has 3 aromatic carbocycles. The van der Waals surface area contributed by atoms with Gasteiger partial charge in [0, 0.05) is 30.4 Å². The first-order valence-corrected chi connectivity index (χ1v) is 16.2. The number of phenolic OH excluding ortho intramolecular Hbond substituents is 4. The van der Waals surface area contributed by atoms with Crippen LogP contribution in [0.5, 0.6) is 23.0 Å². The number of rotatable bonds is 10. The number of carboxylic acids is 1. The van der Waals surface area contributed by atoms with Crippen LogP contribution >= 0.6 is 0 Å². The number of phenols is 4. The highest BCUT2D eigenvalue weighted by molar-refractivity contribution is 5.89. The van der Waals surface area contributed by atoms with Crippen molar-refractivity contribution in [3.05, 3.63) is 108 Å². The maximum atomic E-state index is 13.9. The molecular formula is C38H37NO12. The largest absolute Gasteiger partial charge is 0.504 e. The van der Waals surface area contributed by atoms with Crippen molar-refractivity contribution in [2.75, 3.05) is 13.7 Å². The Bertz CT molecular complexity index is 1920. The minimum atomic E-state index is -2.56. The quantitative estimate of drug-likeness (QED) is 0.0703. The Morgan fingerprint density at radius 2 is 1.49 bits per heavy atom. The van der Waals surface area contributed by atoms with Gasteiger partial charge < -0.3 is 50.2 Å². The zero-order chi connectivity index (χ0) is 36.6. The van der Waals surface area contributed by atoms with Gasteiger partial charge in [0.25, 0.3) is 0 Å². The molecule has 2 bridgehead atoms. The van der Waals surface area contributed by atoms with Crippen molar-refractivity contribution in [1.82, 2.24) is 5.32 Å². The third-order valence-electron chi connectivity index (χ3n) is 9.95. The van der Waals surface area contributed by atoms with Gasteiger partial charge in [-0.15, -0.1) is 0 Å². The van der Waals surface area contributed by atoms with Crippen molar-refractivity contribution in [2.24, 2.45) is 11.8 Å². The minimum Gasteiger partial charge on any atom is -0.504 e. The van der Waals surface area contributed by atoms with E-state index in [1.807, 2.05) is 0 Å². The number of aliphatic carboxylic acids is 1. The molecular weight excluding hydrogens is 662 g/mol. The molecule has 0 aromatic heterocycles. The first-order chi connectivity index (χ1) is 24.3. The number of aromatic hydroxyl groups is 4. The Hall–Kier alpha value is -5.63. The zero-order valence-electron chi connectivity index (χ0n) is 27.4. The Morgan fingerprint density at radius 3 is 2.02 bits per heavy atom. The van der Waals surface area contributed by atoms with Gasteiger partial charge >= 0.3 is 17.9 Å². The molecule has 2 aliphatic heterocycles. The summed E-state index contributed by atoms with van der Waals surface area (Å²) in [6.45, 7) is 0.0773. The van der Waals surface area contributed by atoms with Gasteiger partial charge in [-0.25, -0.2) is 14.4 Å². The van der Waals surface area contributed by atoms with Crippen molar-refractivity contribution in [1.29, 1.82) is 0 Å². The normalized spacial score (nSPS) is 29.5. The predicted molar refractivity (Wildman–Crippen MR) is 181 cm³/mol. The number of ether oxygens (including phenoxy) is 3. The second-order valence-electron chi connectivity index (χ2n) is 12.9. The molecule has 0 unspecified atom stereocenters. The monoisotopic (exact) mass is 699 g/mol. The van der Waals surface area contributed by atoms with Gasteiger partial charge in [-0.1, -0.05) is 54.6 Å². The van der Waals surface area contributed by atoms with Crippen LogP contribution in [0.15, 0.2) is 91.0 Å². The Labute approximate surface area is 292 Å². The van der Waals surface area contributed by atoms with Gasteiger partial charge in [0.15, 0.2) is 40.3 Å². The third kappa shape index (κ3) is 6.31. The van der Waals surface area contributed by atoms with E-state index in [-0.39, 0.29) is 24.5 Å². The fraction of sp³-hybridized carbons (Fsp3) is 0.289. The number of hydrogen-bond donors (Lipinski definition) is 7. The highest BCUT2D eigenvalue weighted by Crippen LogP contribution is 2.59. The molecule has 2 aliphatic carbocycles. The van der Waals surface area contributed by atoms with E-state index in [9.17, 15) is 45.0 Å². The molecule has 0 amide bonds. The molecule has 3 aromatic rings. The topological polar surface area (TPSA) is 212 Å². The number of benzene rings is 3. The maximum absolute atomic E-state index is 13.9. The number of carboxylic acid groups (broad SMARTS) is 1. The summed E-state index contributed by atoms with van der Waals surface area (Å²) in [5.41, 5.74) is -5.02. The SMILES string of the molecule is CN[C@@H]1[C@H]2C=C[C@]3(C[C@](O)(C(=O)O)[C@H](Cc4ccccc4)[C@@H](OC(=O)/C=C/c4ccc(O)c(O)c4)[C@]13OC(=O)/C=C/c1ccc(O)c(O)c1)OC2. The number of aliphatic hydroxyl groups is 1. The van der Waals surface area contributed by atoms with Crippen LogP contribution in [-0.2, 0) is 35.0 Å². The third-order valence-corrected chi connectivity index (χ3v) is 9.95. The lowest BCUT2D eigenvalue weighted by Crippen LogP contribution is -2.85. The fourth-order valence-electron chi connectivity index (χ4n) is 7.57. The number of nitrogens with one attached hydrogen (secondary N) is 1. The van der Waals surface area contributed by atoms with Crippen molar-refractivity contribution in [2.45, 2.75) is 41.8 Å². The van der Waals surface area contributed by atoms with E-state index in [2.05, 4.69) is 5.32 Å². The van der Waals surface area contributed by atoms with Crippen LogP contribution in [0.1, 0.15) is 23.1 Å². The van der Waals surface area contributed by atoms with Gasteiger partial charge in [-0.3, -0.25) is 0 Å². The number of carbonyl (C=O) groups is 3. The van der Waals surface area contributed by atoms with E-state index >= 15 is 0 Å². The van der Waals surface area contributed by atoms with Crippen LogP contribution in [0.2, 0.25) is 0 Å². The van der Waals surface area contributed by atoms with Gasteiger partial charge in [-0.2, -0.15) is 0 Å². The smallest absolute Gasteiger partial charge is 0.336 e. The minimum absolute atomic E-state index is 0.0773. The van der Waals surface area contributed by atoms with Crippen molar-refractivity contribution in [3.63, 3.8) is 0 Å². The molecule has 1 saturated heterocycles. The summed E-state index contributed by atoms with van der Waals surface area (Å²) in [5.74, 6) is -6.88. The summed E-state index contributed by atoms with van der Waals surface area (Å²) >= 11 is 0. The lowest BCUT2D eigenvalue weighted by atomic mass is 9.51. The van der Waals surface area contributed by atoms with E-state index in [4.69, 9.17) is 14.2 Å². The Kier molecular flexibility index (Phi) is 9.38. The van der Waals surface area contributed by atoms with Gasteiger partial charge in [0.1, 0.15) is 5.60 Å². The lowest BCUT2D eigenvalue weighted by molar-refractivity contribution is -0.321. The standard InChI is InChI=1S/C38H37NO12/c1-39-33-25-15-16-36(49-20-25)21-37(48,35(46)47)26(17-22-5-3-2-4-6-22)34(50-31(44)13-9-23-7-11-27(40)29(42)18-23)38(33,36)51-32(45)14-10-24-8-12-28(41)30(43)19-24/h2-16,18-19,25-26,33-34,39-43,48H,17,20-21H2,1H3,(H,46,47)/b13-9+,14-10+/t25-,26+,33+,34+,36+,37+,38+/m0/s1. The Morgan fingerprint density at radius 1 is 0.882 bits per heavy atom. The second kappa shape index (κ2) is 13.6. The summed E-state index contributed by atoms with van der Waals surface area (Å²) in [4.78, 5) is 40.7. The van der Waals surface area contributed by atoms with Gasteiger partial charge in [0.05, 0.1) is 12.6 Å². The van der Waals surface area contributed by atoms with Crippen molar-refractivity contribution < 1.29 is 59.2 Å². The molecule has 51 heavy (non-hydrogen) atoms. The van der Waals surface area contributed by atoms with E-state index in [1.165, 1.54) is 48.6 Å². The first-order valence-electron chi connectivity index (χ1n) is 16.2. The molecule has 1 saturated carbocycles. The van der Waals surface area contributed by atoms with Gasteiger partial charge in [-0.05, 0) is 66.6 Å². The lowest BCUT2D eigenvalue weighted by Gasteiger charge is -2.66. The molecule has 7 rings (SSSR count). The van der Waals surface area contributed by atoms with Crippen LogP contribution < -0.4 is 5.32 Å². The van der Waals surface area contributed by atoms with Crippen LogP contribution in [0.3, 0.4) is 0 Å². The van der Waals surface area contributed by atoms with Crippen LogP contribution in [0.25, 0.3) is 12.2 Å². The van der Waals surface area contributed by atoms with Crippen LogP contribution in [0, 0.1) is 11.8 Å². The number of carbonyl (C=O) groups excluding carboxylic acids is 2. The molecule has 7 N–H and O–H groups in total. The summed E-state index contributed by atoms with van der Waals surface area (Å²) < 4.78 is 18.9. The van der Waals surface area contributed by atoms with E-state index < -0.39 is 76.6 Å². The van der Waals surface area contributed by atoms with Gasteiger partial charge in [0.2, 0.25) is 0 Å². The number of likely N-dealkylation sites (N-methyl/N-ethyl adjacent to an activating group) is 1. The molecule has 2 heterocycles. The molecule has 0 radical (unpaired) electrons. The molecule has 266 valence electrons. The fourth-order valence-corrected chi connectivity index (χ4v) is 7.57. The molecule has 13 nitrogen and oxygen atoms in total. The number of esters is 2.